The Hall–Kier alpha value is -2.24. The fraction of sp³-hybridized carbons (Fsp3) is 0.222. The predicted octanol–water partition coefficient (Wildman–Crippen LogP) is 4.53. The van der Waals surface area contributed by atoms with Crippen LogP contribution in [0, 0.1) is 6.92 Å². The quantitative estimate of drug-likeness (QED) is 0.722. The predicted molar refractivity (Wildman–Crippen MR) is 101 cm³/mol. The topological polar surface area (TPSA) is 67.4 Å². The molecule has 0 unspecified atom stereocenters. The van der Waals surface area contributed by atoms with E-state index in [1.807, 2.05) is 19.1 Å². The number of ether oxygens (including phenoxy) is 1. The van der Waals surface area contributed by atoms with E-state index in [4.69, 9.17) is 23.2 Å². The van der Waals surface area contributed by atoms with Crippen LogP contribution in [0.2, 0.25) is 10.0 Å². The van der Waals surface area contributed by atoms with Crippen molar-refractivity contribution in [1.82, 2.24) is 0 Å². The van der Waals surface area contributed by atoms with E-state index in [9.17, 15) is 9.59 Å². The van der Waals surface area contributed by atoms with E-state index in [0.717, 1.165) is 11.3 Å². The van der Waals surface area contributed by atoms with Crippen LogP contribution >= 0.6 is 23.2 Å². The number of halogens is 2. The molecule has 2 N–H and O–H groups in total. The normalized spacial score (nSPS) is 10.2. The SMILES string of the molecule is COC(=O)c1ccc(Cl)c(NC(=O)CCNc2ccc(Cl)cc2C)c1. The number of aryl methyl sites for hydroxylation is 1. The second kappa shape index (κ2) is 8.74. The highest BCUT2D eigenvalue weighted by molar-refractivity contribution is 6.33. The zero-order valence-corrected chi connectivity index (χ0v) is 15.4. The Morgan fingerprint density at radius 3 is 2.52 bits per heavy atom. The van der Waals surface area contributed by atoms with Gasteiger partial charge in [0.1, 0.15) is 0 Å². The summed E-state index contributed by atoms with van der Waals surface area (Å²) < 4.78 is 4.66. The molecule has 0 bridgehead atoms. The van der Waals surface area contributed by atoms with Crippen LogP contribution < -0.4 is 10.6 Å². The van der Waals surface area contributed by atoms with E-state index in [2.05, 4.69) is 15.4 Å². The number of carbonyl (C=O) groups is 2. The van der Waals surface area contributed by atoms with Crippen molar-refractivity contribution >= 4 is 46.5 Å². The van der Waals surface area contributed by atoms with Gasteiger partial charge in [-0.2, -0.15) is 0 Å². The zero-order valence-electron chi connectivity index (χ0n) is 13.9. The summed E-state index contributed by atoms with van der Waals surface area (Å²) in [5, 5.41) is 6.90. The third-order valence-corrected chi connectivity index (χ3v) is 4.08. The van der Waals surface area contributed by atoms with Crippen molar-refractivity contribution in [3.63, 3.8) is 0 Å². The van der Waals surface area contributed by atoms with E-state index in [1.165, 1.54) is 19.2 Å². The highest BCUT2D eigenvalue weighted by Gasteiger charge is 2.11. The van der Waals surface area contributed by atoms with Gasteiger partial charge < -0.3 is 15.4 Å². The number of rotatable bonds is 6. The number of anilines is 2. The fourth-order valence-corrected chi connectivity index (χ4v) is 2.61. The Morgan fingerprint density at radius 2 is 1.84 bits per heavy atom. The third-order valence-electron chi connectivity index (χ3n) is 3.52. The Balaban J connectivity index is 1.93. The first-order valence-electron chi connectivity index (χ1n) is 7.58. The lowest BCUT2D eigenvalue weighted by Gasteiger charge is -2.11. The van der Waals surface area contributed by atoms with E-state index < -0.39 is 5.97 Å². The molecule has 7 heteroatoms. The van der Waals surface area contributed by atoms with Crippen LogP contribution in [0.3, 0.4) is 0 Å². The van der Waals surface area contributed by atoms with Crippen LogP contribution in [0.1, 0.15) is 22.3 Å². The molecule has 0 saturated carbocycles. The van der Waals surface area contributed by atoms with Crippen LogP contribution in [-0.2, 0) is 9.53 Å². The molecule has 0 atom stereocenters. The van der Waals surface area contributed by atoms with Crippen molar-refractivity contribution in [3.05, 3.63) is 57.6 Å². The molecule has 2 aromatic rings. The summed E-state index contributed by atoms with van der Waals surface area (Å²) in [5.74, 6) is -0.713. The van der Waals surface area contributed by atoms with Crippen LogP contribution in [0.15, 0.2) is 36.4 Å². The number of methoxy groups -OCH3 is 1. The summed E-state index contributed by atoms with van der Waals surface area (Å²) >= 11 is 12.0. The largest absolute Gasteiger partial charge is 0.465 e. The lowest BCUT2D eigenvalue weighted by atomic mass is 10.2. The minimum Gasteiger partial charge on any atom is -0.465 e. The summed E-state index contributed by atoms with van der Waals surface area (Å²) in [5.41, 5.74) is 2.61. The molecule has 2 aromatic carbocycles. The van der Waals surface area contributed by atoms with Gasteiger partial charge in [0.2, 0.25) is 5.91 Å². The number of esters is 1. The highest BCUT2D eigenvalue weighted by Crippen LogP contribution is 2.24. The summed E-state index contributed by atoms with van der Waals surface area (Å²) in [6, 6.07) is 10.1. The first kappa shape index (κ1) is 19.1. The number of nitrogens with one attached hydrogen (secondary N) is 2. The molecule has 0 aliphatic rings. The van der Waals surface area contributed by atoms with Gasteiger partial charge >= 0.3 is 5.97 Å². The zero-order chi connectivity index (χ0) is 18.4. The van der Waals surface area contributed by atoms with Gasteiger partial charge in [-0.1, -0.05) is 23.2 Å². The second-order valence-electron chi connectivity index (χ2n) is 5.37. The number of carbonyl (C=O) groups excluding carboxylic acids is 2. The molecule has 5 nitrogen and oxygen atoms in total. The molecule has 0 heterocycles. The van der Waals surface area contributed by atoms with Gasteiger partial charge in [-0.25, -0.2) is 4.79 Å². The molecular formula is C18H18Cl2N2O3. The van der Waals surface area contributed by atoms with Crippen LogP contribution in [0.5, 0.6) is 0 Å². The maximum Gasteiger partial charge on any atom is 0.337 e. The minimum atomic E-state index is -0.493. The Morgan fingerprint density at radius 1 is 1.08 bits per heavy atom. The summed E-state index contributed by atoms with van der Waals surface area (Å²) in [4.78, 5) is 23.6. The van der Waals surface area contributed by atoms with Crippen molar-refractivity contribution in [2.24, 2.45) is 0 Å². The Kier molecular flexibility index (Phi) is 6.67. The summed E-state index contributed by atoms with van der Waals surface area (Å²) in [6.45, 7) is 2.38. The van der Waals surface area contributed by atoms with Crippen molar-refractivity contribution in [3.8, 4) is 0 Å². The summed E-state index contributed by atoms with van der Waals surface area (Å²) in [6.07, 6.45) is 0.237. The van der Waals surface area contributed by atoms with Crippen molar-refractivity contribution in [1.29, 1.82) is 0 Å². The van der Waals surface area contributed by atoms with Crippen molar-refractivity contribution < 1.29 is 14.3 Å². The molecule has 132 valence electrons. The standard InChI is InChI=1S/C18H18Cl2N2O3/c1-11-9-13(19)4-6-15(11)21-8-7-17(23)22-16-10-12(18(24)25-2)3-5-14(16)20/h3-6,9-10,21H,7-8H2,1-2H3,(H,22,23). The van der Waals surface area contributed by atoms with Gasteiger partial charge in [-0.15, -0.1) is 0 Å². The van der Waals surface area contributed by atoms with Gasteiger partial charge in [-0.05, 0) is 48.9 Å². The first-order valence-corrected chi connectivity index (χ1v) is 8.34. The first-order chi connectivity index (χ1) is 11.9. The monoisotopic (exact) mass is 380 g/mol. The second-order valence-corrected chi connectivity index (χ2v) is 6.21. The van der Waals surface area contributed by atoms with E-state index in [0.29, 0.717) is 27.8 Å². The molecule has 0 radical (unpaired) electrons. The van der Waals surface area contributed by atoms with Gasteiger partial charge in [0, 0.05) is 23.7 Å². The van der Waals surface area contributed by atoms with Crippen LogP contribution in [-0.4, -0.2) is 25.5 Å². The van der Waals surface area contributed by atoms with Crippen molar-refractivity contribution in [2.75, 3.05) is 24.3 Å². The molecule has 0 aromatic heterocycles. The Labute approximate surface area is 156 Å². The van der Waals surface area contributed by atoms with Gasteiger partial charge in [-0.3, -0.25) is 4.79 Å². The van der Waals surface area contributed by atoms with E-state index >= 15 is 0 Å². The number of hydrogen-bond acceptors (Lipinski definition) is 4. The molecule has 0 saturated heterocycles. The average Bonchev–Trinajstić information content (AvgIpc) is 2.58. The summed E-state index contributed by atoms with van der Waals surface area (Å²) in [7, 11) is 1.29. The van der Waals surface area contributed by atoms with Gasteiger partial charge in [0.15, 0.2) is 0 Å². The number of amides is 1. The minimum absolute atomic E-state index is 0.219. The number of benzene rings is 2. The van der Waals surface area contributed by atoms with Gasteiger partial charge in [0.05, 0.1) is 23.4 Å². The average molecular weight is 381 g/mol. The van der Waals surface area contributed by atoms with Crippen LogP contribution in [0.4, 0.5) is 11.4 Å². The van der Waals surface area contributed by atoms with E-state index in [-0.39, 0.29) is 12.3 Å². The molecular weight excluding hydrogens is 363 g/mol. The molecule has 2 rings (SSSR count). The van der Waals surface area contributed by atoms with E-state index in [1.54, 1.807) is 12.1 Å². The smallest absolute Gasteiger partial charge is 0.337 e. The molecule has 0 spiro atoms. The molecule has 0 fully saturated rings. The maximum absolute atomic E-state index is 12.1. The lowest BCUT2D eigenvalue weighted by molar-refractivity contribution is -0.115. The highest BCUT2D eigenvalue weighted by atomic mass is 35.5. The van der Waals surface area contributed by atoms with Gasteiger partial charge in [0.25, 0.3) is 0 Å². The maximum atomic E-state index is 12.1. The number of hydrogen-bond donors (Lipinski definition) is 2. The Bertz CT molecular complexity index is 794. The molecule has 25 heavy (non-hydrogen) atoms. The molecule has 0 aliphatic carbocycles. The van der Waals surface area contributed by atoms with Crippen molar-refractivity contribution in [2.45, 2.75) is 13.3 Å². The lowest BCUT2D eigenvalue weighted by Crippen LogP contribution is -2.17. The molecule has 1 amide bonds. The fourth-order valence-electron chi connectivity index (χ4n) is 2.21. The molecule has 0 aliphatic heterocycles. The third kappa shape index (κ3) is 5.37. The van der Waals surface area contributed by atoms with Crippen LogP contribution in [0.25, 0.3) is 0 Å².